The highest BCUT2D eigenvalue weighted by Crippen LogP contribution is 2.34. The Labute approximate surface area is 219 Å². The molecule has 2 aromatic carbocycles. The fourth-order valence-corrected chi connectivity index (χ4v) is 5.14. The van der Waals surface area contributed by atoms with Crippen molar-refractivity contribution < 1.29 is 41.2 Å². The molecule has 38 heavy (non-hydrogen) atoms. The van der Waals surface area contributed by atoms with E-state index in [0.29, 0.717) is 17.2 Å². The van der Waals surface area contributed by atoms with Crippen molar-refractivity contribution in [2.24, 2.45) is 0 Å². The van der Waals surface area contributed by atoms with Crippen molar-refractivity contribution in [3.8, 4) is 11.5 Å². The van der Waals surface area contributed by atoms with Gasteiger partial charge in [-0.3, -0.25) is 18.6 Å². The van der Waals surface area contributed by atoms with E-state index in [1.165, 1.54) is 12.1 Å². The molecule has 13 heteroatoms. The Morgan fingerprint density at radius 3 is 2.45 bits per heavy atom. The molecule has 204 valence electrons. The van der Waals surface area contributed by atoms with E-state index in [-0.39, 0.29) is 18.5 Å². The van der Waals surface area contributed by atoms with E-state index in [2.05, 4.69) is 10.6 Å². The second-order valence-corrected chi connectivity index (χ2v) is 10.4. The molecule has 0 spiro atoms. The lowest BCUT2D eigenvalue weighted by Crippen LogP contribution is -2.45. The van der Waals surface area contributed by atoms with Crippen LogP contribution in [0.15, 0.2) is 42.5 Å². The molecule has 9 nitrogen and oxygen atoms in total. The summed E-state index contributed by atoms with van der Waals surface area (Å²) in [5.74, 6) is -2.27. The maximum Gasteiger partial charge on any atom is 0.416 e. The molecule has 0 aromatic heterocycles. The van der Waals surface area contributed by atoms with Crippen LogP contribution in [-0.2, 0) is 31.4 Å². The van der Waals surface area contributed by atoms with Gasteiger partial charge in [-0.05, 0) is 43.2 Å². The first-order chi connectivity index (χ1) is 18.1. The van der Waals surface area contributed by atoms with Crippen molar-refractivity contribution in [1.29, 1.82) is 0 Å². The number of nitrogens with one attached hydrogen (secondary N) is 2. The zero-order valence-electron chi connectivity index (χ0n) is 20.2. The molecule has 0 saturated heterocycles. The third-order valence-corrected chi connectivity index (χ3v) is 7.19. The number of hydrogen-bond donors (Lipinski definition) is 2. The number of carbonyl (C=O) groups is 3. The van der Waals surface area contributed by atoms with Gasteiger partial charge >= 0.3 is 6.18 Å². The van der Waals surface area contributed by atoms with Crippen LogP contribution in [-0.4, -0.2) is 52.8 Å². The Balaban J connectivity index is 1.42. The van der Waals surface area contributed by atoms with Crippen LogP contribution in [0.25, 0.3) is 0 Å². The van der Waals surface area contributed by atoms with Gasteiger partial charge in [-0.15, -0.1) is 0 Å². The van der Waals surface area contributed by atoms with Crippen molar-refractivity contribution in [3.05, 3.63) is 48.0 Å². The Kier molecular flexibility index (Phi) is 8.55. The van der Waals surface area contributed by atoms with E-state index >= 15 is 0 Å². The van der Waals surface area contributed by atoms with Crippen molar-refractivity contribution in [1.82, 2.24) is 5.32 Å². The molecular formula is C25H26F3N3O6S. The lowest BCUT2D eigenvalue weighted by atomic mass is 10.1. The first-order valence-electron chi connectivity index (χ1n) is 11.9. The van der Waals surface area contributed by atoms with Crippen molar-refractivity contribution >= 4 is 39.9 Å². The topological polar surface area (TPSA) is 114 Å². The molecule has 2 aromatic rings. The number of ether oxygens (including phenoxy) is 2. The van der Waals surface area contributed by atoms with Gasteiger partial charge in [0.25, 0.3) is 0 Å². The Hall–Kier alpha value is -3.61. The molecular weight excluding hydrogens is 527 g/mol. The maximum atomic E-state index is 13.3. The smallest absolute Gasteiger partial charge is 0.416 e. The summed E-state index contributed by atoms with van der Waals surface area (Å²) in [6.45, 7) is -0.489. The minimum atomic E-state index is -4.66. The number of fused-ring (bicyclic) bond motifs is 1. The van der Waals surface area contributed by atoms with Gasteiger partial charge in [0.2, 0.25) is 24.5 Å². The SMILES string of the molecule is O=C(C[S@](=O)CC(=O)N(CC(=O)NC1CCCC1)c1cccc(C(F)(F)F)c1)Nc1ccc2c(c1)OCO2. The molecule has 1 aliphatic heterocycles. The van der Waals surface area contributed by atoms with Crippen LogP contribution in [0.4, 0.5) is 24.5 Å². The fourth-order valence-electron chi connectivity index (χ4n) is 4.24. The molecule has 0 unspecified atom stereocenters. The van der Waals surface area contributed by atoms with Crippen LogP contribution >= 0.6 is 0 Å². The van der Waals surface area contributed by atoms with Gasteiger partial charge in [0.15, 0.2) is 11.5 Å². The number of alkyl halides is 3. The standard InChI is InChI=1S/C25H26F3N3O6S/c26-25(27,28)16-4-3-7-19(10-16)31(12-22(32)29-17-5-1-2-6-17)24(34)14-38(35)13-23(33)30-18-8-9-20-21(11-18)37-15-36-20/h3-4,7-11,17H,1-2,5-6,12-15H2,(H,29,32)(H,30,33)/t38-/m0/s1. The number of halogens is 3. The Morgan fingerprint density at radius 1 is 0.974 bits per heavy atom. The molecule has 2 N–H and O–H groups in total. The molecule has 1 fully saturated rings. The number of rotatable bonds is 9. The lowest BCUT2D eigenvalue weighted by molar-refractivity contribution is -0.137. The third kappa shape index (κ3) is 7.24. The van der Waals surface area contributed by atoms with E-state index in [0.717, 1.165) is 48.8 Å². The van der Waals surface area contributed by atoms with E-state index in [1.807, 2.05) is 0 Å². The first kappa shape index (κ1) is 27.4. The summed E-state index contributed by atoms with van der Waals surface area (Å²) in [5.41, 5.74) is -0.779. The van der Waals surface area contributed by atoms with Gasteiger partial charge < -0.3 is 25.0 Å². The molecule has 2 aliphatic rings. The molecule has 0 radical (unpaired) electrons. The highest BCUT2D eigenvalue weighted by molar-refractivity contribution is 7.86. The van der Waals surface area contributed by atoms with E-state index < -0.39 is 58.3 Å². The van der Waals surface area contributed by atoms with Crippen LogP contribution in [0.1, 0.15) is 31.2 Å². The van der Waals surface area contributed by atoms with E-state index in [1.54, 1.807) is 12.1 Å². The van der Waals surface area contributed by atoms with Gasteiger partial charge in [-0.2, -0.15) is 13.2 Å². The van der Waals surface area contributed by atoms with E-state index in [9.17, 15) is 31.8 Å². The minimum Gasteiger partial charge on any atom is -0.454 e. The Morgan fingerprint density at radius 2 is 1.71 bits per heavy atom. The number of carbonyl (C=O) groups excluding carboxylic acids is 3. The minimum absolute atomic E-state index is 0.0555. The first-order valence-corrected chi connectivity index (χ1v) is 13.4. The van der Waals surface area contributed by atoms with E-state index in [4.69, 9.17) is 9.47 Å². The van der Waals surface area contributed by atoms with Crippen LogP contribution in [0.5, 0.6) is 11.5 Å². The van der Waals surface area contributed by atoms with Crippen molar-refractivity contribution in [2.45, 2.75) is 37.9 Å². The molecule has 1 heterocycles. The number of hydrogen-bond acceptors (Lipinski definition) is 6. The average Bonchev–Trinajstić information content (AvgIpc) is 3.53. The summed E-state index contributed by atoms with van der Waals surface area (Å²) in [6.07, 6.45) is -1.19. The highest BCUT2D eigenvalue weighted by atomic mass is 32.2. The zero-order valence-corrected chi connectivity index (χ0v) is 21.0. The Bertz CT molecular complexity index is 1230. The molecule has 0 bridgehead atoms. The third-order valence-electron chi connectivity index (χ3n) is 6.04. The van der Waals surface area contributed by atoms with Crippen molar-refractivity contribution in [2.75, 3.05) is 35.1 Å². The largest absolute Gasteiger partial charge is 0.454 e. The van der Waals surface area contributed by atoms with Gasteiger partial charge in [-0.1, -0.05) is 18.9 Å². The molecule has 1 atom stereocenters. The fraction of sp³-hybridized carbons (Fsp3) is 0.400. The van der Waals surface area contributed by atoms with Gasteiger partial charge in [0.05, 0.1) is 5.56 Å². The molecule has 1 saturated carbocycles. The molecule has 4 rings (SSSR count). The zero-order chi connectivity index (χ0) is 27.3. The highest BCUT2D eigenvalue weighted by Gasteiger charge is 2.32. The van der Waals surface area contributed by atoms with Crippen LogP contribution < -0.4 is 25.0 Å². The monoisotopic (exact) mass is 553 g/mol. The summed E-state index contributed by atoms with van der Waals surface area (Å²) >= 11 is 0. The van der Waals surface area contributed by atoms with Gasteiger partial charge in [0, 0.05) is 34.3 Å². The predicted octanol–water partition coefficient (Wildman–Crippen LogP) is 3.21. The summed E-state index contributed by atoms with van der Waals surface area (Å²) in [6, 6.07) is 8.65. The summed E-state index contributed by atoms with van der Waals surface area (Å²) in [5, 5.41) is 5.35. The predicted molar refractivity (Wildman–Crippen MR) is 133 cm³/mol. The molecule has 1 aliphatic carbocycles. The summed E-state index contributed by atoms with van der Waals surface area (Å²) in [4.78, 5) is 38.9. The summed E-state index contributed by atoms with van der Waals surface area (Å²) < 4.78 is 62.9. The van der Waals surface area contributed by atoms with Crippen LogP contribution in [0, 0.1) is 0 Å². The number of nitrogens with zero attached hydrogens (tertiary/aromatic N) is 1. The summed E-state index contributed by atoms with van der Waals surface area (Å²) in [7, 11) is -2.00. The lowest BCUT2D eigenvalue weighted by Gasteiger charge is -2.24. The number of amides is 3. The molecule has 3 amide bonds. The second kappa shape index (κ2) is 11.8. The van der Waals surface area contributed by atoms with Crippen molar-refractivity contribution in [3.63, 3.8) is 0 Å². The normalized spacial score (nSPS) is 15.7. The van der Waals surface area contributed by atoms with Gasteiger partial charge in [-0.25, -0.2) is 0 Å². The number of anilines is 2. The maximum absolute atomic E-state index is 13.3. The van der Waals surface area contributed by atoms with Crippen LogP contribution in [0.2, 0.25) is 0 Å². The quantitative estimate of drug-likeness (QED) is 0.493. The van der Waals surface area contributed by atoms with Crippen LogP contribution in [0.3, 0.4) is 0 Å². The number of benzene rings is 2. The average molecular weight is 554 g/mol. The second-order valence-electron chi connectivity index (χ2n) is 8.92. The van der Waals surface area contributed by atoms with Gasteiger partial charge in [0.1, 0.15) is 18.1 Å².